The zero-order valence-electron chi connectivity index (χ0n) is 11.2. The zero-order valence-corrected chi connectivity index (χ0v) is 11.2. The average Bonchev–Trinajstić information content (AvgIpc) is 2.34. The Morgan fingerprint density at radius 1 is 0.875 bits per heavy atom. The summed E-state index contributed by atoms with van der Waals surface area (Å²) in [6.45, 7) is 4.57. The molecular formula is C15H30N. The highest BCUT2D eigenvalue weighted by Crippen LogP contribution is 2.22. The van der Waals surface area contributed by atoms with Crippen molar-refractivity contribution in [2.75, 3.05) is 13.1 Å². The van der Waals surface area contributed by atoms with E-state index < -0.39 is 0 Å². The molecule has 1 aliphatic carbocycles. The first kappa shape index (κ1) is 14.0. The molecule has 95 valence electrons. The highest BCUT2D eigenvalue weighted by atomic mass is 14.9. The molecule has 0 atom stereocenters. The molecule has 1 saturated carbocycles. The fourth-order valence-corrected chi connectivity index (χ4v) is 2.65. The summed E-state index contributed by atoms with van der Waals surface area (Å²) < 4.78 is 0. The fraction of sp³-hybridized carbons (Fsp3) is 1.00. The third-order valence-corrected chi connectivity index (χ3v) is 3.78. The van der Waals surface area contributed by atoms with Crippen molar-refractivity contribution < 1.29 is 0 Å². The molecule has 1 fully saturated rings. The first-order chi connectivity index (χ1) is 7.93. The van der Waals surface area contributed by atoms with Crippen molar-refractivity contribution in [3.8, 4) is 0 Å². The smallest absolute Gasteiger partial charge is 0.0161 e. The molecule has 1 nitrogen and oxygen atoms in total. The summed E-state index contributed by atoms with van der Waals surface area (Å²) in [6.07, 6.45) is 15.6. The molecule has 1 radical (unpaired) electrons. The van der Waals surface area contributed by atoms with Crippen LogP contribution in [0.25, 0.3) is 0 Å². The molecule has 0 aliphatic heterocycles. The molecule has 0 unspecified atom stereocenters. The van der Waals surface area contributed by atoms with Crippen molar-refractivity contribution in [2.45, 2.75) is 77.6 Å². The van der Waals surface area contributed by atoms with Gasteiger partial charge in [0.1, 0.15) is 0 Å². The van der Waals surface area contributed by atoms with Gasteiger partial charge >= 0.3 is 0 Å². The minimum atomic E-state index is 0.939. The maximum Gasteiger partial charge on any atom is 0.0161 e. The summed E-state index contributed by atoms with van der Waals surface area (Å²) in [5.41, 5.74) is 0. The lowest BCUT2D eigenvalue weighted by atomic mass is 9.89. The molecule has 16 heavy (non-hydrogen) atoms. The van der Waals surface area contributed by atoms with E-state index in [0.29, 0.717) is 0 Å². The first-order valence-corrected chi connectivity index (χ1v) is 7.56. The molecule has 1 rings (SSSR count). The van der Waals surface area contributed by atoms with E-state index in [9.17, 15) is 0 Å². The Morgan fingerprint density at radius 2 is 1.56 bits per heavy atom. The molecular weight excluding hydrogens is 194 g/mol. The summed E-state index contributed by atoms with van der Waals surface area (Å²) in [4.78, 5) is 0. The van der Waals surface area contributed by atoms with Crippen LogP contribution in [0, 0.1) is 5.92 Å². The molecule has 0 N–H and O–H groups in total. The Kier molecular flexibility index (Phi) is 8.88. The molecule has 0 aromatic heterocycles. The van der Waals surface area contributed by atoms with Crippen molar-refractivity contribution in [1.29, 1.82) is 0 Å². The van der Waals surface area contributed by atoms with Crippen LogP contribution in [0.4, 0.5) is 0 Å². The van der Waals surface area contributed by atoms with Gasteiger partial charge in [0.2, 0.25) is 0 Å². The van der Waals surface area contributed by atoms with Gasteiger partial charge in [-0.05, 0) is 25.2 Å². The molecule has 0 bridgehead atoms. The number of hydrogen-bond donors (Lipinski definition) is 0. The lowest BCUT2D eigenvalue weighted by molar-refractivity contribution is 0.339. The van der Waals surface area contributed by atoms with E-state index in [4.69, 9.17) is 5.32 Å². The largest absolute Gasteiger partial charge is 0.242 e. The van der Waals surface area contributed by atoms with E-state index in [1.54, 1.807) is 0 Å². The van der Waals surface area contributed by atoms with Gasteiger partial charge in [-0.3, -0.25) is 0 Å². The van der Waals surface area contributed by atoms with Gasteiger partial charge in [-0.15, -0.1) is 0 Å². The van der Waals surface area contributed by atoms with Crippen LogP contribution < -0.4 is 5.32 Å². The fourth-order valence-electron chi connectivity index (χ4n) is 2.65. The topological polar surface area (TPSA) is 14.1 Å². The van der Waals surface area contributed by atoms with Crippen LogP contribution in [-0.4, -0.2) is 13.1 Å². The Labute approximate surface area is 102 Å². The van der Waals surface area contributed by atoms with Crippen LogP contribution in [-0.2, 0) is 0 Å². The van der Waals surface area contributed by atoms with Crippen LogP contribution in [0.5, 0.6) is 0 Å². The average molecular weight is 224 g/mol. The van der Waals surface area contributed by atoms with E-state index in [1.807, 2.05) is 0 Å². The Hall–Kier alpha value is -0.0400. The van der Waals surface area contributed by atoms with Gasteiger partial charge in [0.05, 0.1) is 0 Å². The SMILES string of the molecule is CCCCCCCC[N]CC1CCCCC1. The molecule has 0 heterocycles. The summed E-state index contributed by atoms with van der Waals surface area (Å²) in [7, 11) is 0. The highest BCUT2D eigenvalue weighted by molar-refractivity contribution is 4.67. The highest BCUT2D eigenvalue weighted by Gasteiger charge is 2.12. The van der Waals surface area contributed by atoms with Crippen LogP contribution in [0.2, 0.25) is 0 Å². The molecule has 1 aliphatic rings. The third-order valence-electron chi connectivity index (χ3n) is 3.78. The van der Waals surface area contributed by atoms with Crippen LogP contribution >= 0.6 is 0 Å². The lowest BCUT2D eigenvalue weighted by Crippen LogP contribution is -2.19. The lowest BCUT2D eigenvalue weighted by Gasteiger charge is -2.20. The summed E-state index contributed by atoms with van der Waals surface area (Å²) >= 11 is 0. The summed E-state index contributed by atoms with van der Waals surface area (Å²) in [5, 5.41) is 4.71. The first-order valence-electron chi connectivity index (χ1n) is 7.56. The molecule has 0 aromatic rings. The molecule has 1 heteroatoms. The van der Waals surface area contributed by atoms with E-state index in [0.717, 1.165) is 19.0 Å². The van der Waals surface area contributed by atoms with Crippen LogP contribution in [0.15, 0.2) is 0 Å². The third kappa shape index (κ3) is 7.27. The Bertz CT molecular complexity index is 138. The van der Waals surface area contributed by atoms with Crippen molar-refractivity contribution >= 4 is 0 Å². The molecule has 0 spiro atoms. The monoisotopic (exact) mass is 224 g/mol. The van der Waals surface area contributed by atoms with Crippen molar-refractivity contribution in [1.82, 2.24) is 5.32 Å². The van der Waals surface area contributed by atoms with Gasteiger partial charge in [-0.2, -0.15) is 0 Å². The predicted octanol–water partition coefficient (Wildman–Crippen LogP) is 4.53. The maximum atomic E-state index is 4.71. The predicted molar refractivity (Wildman–Crippen MR) is 71.8 cm³/mol. The Morgan fingerprint density at radius 3 is 2.31 bits per heavy atom. The summed E-state index contributed by atoms with van der Waals surface area (Å²) in [5.74, 6) is 0.939. The zero-order chi connectivity index (χ0) is 11.5. The number of nitrogens with zero attached hydrogens (tertiary/aromatic N) is 1. The van der Waals surface area contributed by atoms with E-state index in [1.165, 1.54) is 70.6 Å². The van der Waals surface area contributed by atoms with Crippen LogP contribution in [0.1, 0.15) is 77.6 Å². The minimum absolute atomic E-state index is 0.939. The molecule has 0 aromatic carbocycles. The Balaban J connectivity index is 1.77. The van der Waals surface area contributed by atoms with E-state index >= 15 is 0 Å². The van der Waals surface area contributed by atoms with Crippen LogP contribution in [0.3, 0.4) is 0 Å². The van der Waals surface area contributed by atoms with Crippen molar-refractivity contribution in [3.05, 3.63) is 0 Å². The quantitative estimate of drug-likeness (QED) is 0.511. The van der Waals surface area contributed by atoms with Gasteiger partial charge in [0.15, 0.2) is 0 Å². The minimum Gasteiger partial charge on any atom is -0.242 e. The van der Waals surface area contributed by atoms with Gasteiger partial charge in [-0.1, -0.05) is 58.3 Å². The number of rotatable bonds is 9. The second kappa shape index (κ2) is 10.1. The second-order valence-electron chi connectivity index (χ2n) is 5.40. The number of unbranched alkanes of at least 4 members (excludes halogenated alkanes) is 5. The molecule has 0 amide bonds. The second-order valence-corrected chi connectivity index (χ2v) is 5.40. The number of hydrogen-bond acceptors (Lipinski definition) is 0. The van der Waals surface area contributed by atoms with Gasteiger partial charge < -0.3 is 0 Å². The van der Waals surface area contributed by atoms with Crippen molar-refractivity contribution in [3.63, 3.8) is 0 Å². The maximum absolute atomic E-state index is 4.71. The van der Waals surface area contributed by atoms with Crippen molar-refractivity contribution in [2.24, 2.45) is 5.92 Å². The van der Waals surface area contributed by atoms with Gasteiger partial charge in [0, 0.05) is 13.1 Å². The van der Waals surface area contributed by atoms with Gasteiger partial charge in [-0.25, -0.2) is 5.32 Å². The van der Waals surface area contributed by atoms with E-state index in [-0.39, 0.29) is 0 Å². The van der Waals surface area contributed by atoms with E-state index in [2.05, 4.69) is 6.92 Å². The normalized spacial score (nSPS) is 17.8. The summed E-state index contributed by atoms with van der Waals surface area (Å²) in [6, 6.07) is 0. The standard InChI is InChI=1S/C15H30N/c1-2-3-4-5-6-10-13-16-14-15-11-8-7-9-12-15/h15H,2-14H2,1H3. The molecule has 0 saturated heterocycles. The van der Waals surface area contributed by atoms with Gasteiger partial charge in [0.25, 0.3) is 0 Å².